The molecule has 1 aromatic carbocycles. The molecule has 3 rings (SSSR count). The predicted octanol–water partition coefficient (Wildman–Crippen LogP) is 4.11. The van der Waals surface area contributed by atoms with Gasteiger partial charge in [0, 0.05) is 31.5 Å². The number of aromatic nitrogens is 2. The van der Waals surface area contributed by atoms with E-state index in [1.165, 1.54) is 19.3 Å². The molecule has 27 heavy (non-hydrogen) atoms. The summed E-state index contributed by atoms with van der Waals surface area (Å²) in [6.45, 7) is 4.83. The van der Waals surface area contributed by atoms with Crippen LogP contribution in [0.3, 0.4) is 0 Å². The Hall–Kier alpha value is -2.37. The highest BCUT2D eigenvalue weighted by atomic mass is 16.5. The van der Waals surface area contributed by atoms with Gasteiger partial charge in [-0.1, -0.05) is 24.9 Å². The Bertz CT molecular complexity index is 741. The summed E-state index contributed by atoms with van der Waals surface area (Å²) < 4.78 is 10.8. The highest BCUT2D eigenvalue weighted by Gasteiger charge is 2.27. The molecule has 2 aromatic rings. The zero-order chi connectivity index (χ0) is 19.2. The van der Waals surface area contributed by atoms with Crippen LogP contribution in [0.2, 0.25) is 0 Å². The second kappa shape index (κ2) is 9.02. The average Bonchev–Trinajstić information content (AvgIpc) is 3.16. The number of carbonyl (C=O) groups is 1. The van der Waals surface area contributed by atoms with Gasteiger partial charge in [0.15, 0.2) is 0 Å². The maximum absolute atomic E-state index is 12.6. The van der Waals surface area contributed by atoms with Crippen LogP contribution >= 0.6 is 0 Å². The van der Waals surface area contributed by atoms with Crippen molar-refractivity contribution in [3.8, 4) is 17.1 Å². The molecule has 1 heterocycles. The fraction of sp³-hybridized carbons (Fsp3) is 0.571. The molecule has 2 unspecified atom stereocenters. The van der Waals surface area contributed by atoms with E-state index in [0.717, 1.165) is 17.7 Å². The van der Waals surface area contributed by atoms with Gasteiger partial charge < -0.3 is 14.2 Å². The first-order valence-corrected chi connectivity index (χ1v) is 9.90. The number of aryl methyl sites for hydroxylation is 1. The SMILES string of the molecule is CCOc1ccc(-c2noc(CCC(=O)N(C)C3CCCCC3C)n2)cc1. The van der Waals surface area contributed by atoms with Crippen LogP contribution in [0.25, 0.3) is 11.4 Å². The first kappa shape index (κ1) is 19.4. The highest BCUT2D eigenvalue weighted by molar-refractivity contribution is 5.76. The molecule has 146 valence electrons. The number of rotatable bonds is 7. The van der Waals surface area contributed by atoms with Crippen molar-refractivity contribution in [3.05, 3.63) is 30.2 Å². The van der Waals surface area contributed by atoms with Crippen molar-refractivity contribution < 1.29 is 14.1 Å². The lowest BCUT2D eigenvalue weighted by molar-refractivity contribution is -0.133. The minimum absolute atomic E-state index is 0.148. The number of hydrogen-bond acceptors (Lipinski definition) is 5. The van der Waals surface area contributed by atoms with E-state index in [9.17, 15) is 4.79 Å². The quantitative estimate of drug-likeness (QED) is 0.733. The Morgan fingerprint density at radius 3 is 2.70 bits per heavy atom. The molecule has 0 aliphatic heterocycles. The van der Waals surface area contributed by atoms with Gasteiger partial charge in [-0.15, -0.1) is 0 Å². The maximum Gasteiger partial charge on any atom is 0.227 e. The van der Waals surface area contributed by atoms with E-state index in [0.29, 0.717) is 43.1 Å². The molecule has 1 aromatic heterocycles. The molecule has 0 spiro atoms. The summed E-state index contributed by atoms with van der Waals surface area (Å²) in [7, 11) is 1.92. The number of carbonyl (C=O) groups excluding carboxylic acids is 1. The van der Waals surface area contributed by atoms with Crippen LogP contribution in [0, 0.1) is 5.92 Å². The molecule has 6 nitrogen and oxygen atoms in total. The average molecular weight is 371 g/mol. The fourth-order valence-corrected chi connectivity index (χ4v) is 3.79. The van der Waals surface area contributed by atoms with Gasteiger partial charge in [0.1, 0.15) is 5.75 Å². The summed E-state index contributed by atoms with van der Waals surface area (Å²) in [6, 6.07) is 7.94. The Morgan fingerprint density at radius 1 is 1.26 bits per heavy atom. The summed E-state index contributed by atoms with van der Waals surface area (Å²) >= 11 is 0. The number of ether oxygens (including phenoxy) is 1. The summed E-state index contributed by atoms with van der Waals surface area (Å²) in [5.74, 6) is 2.57. The van der Waals surface area contributed by atoms with Gasteiger partial charge in [-0.25, -0.2) is 0 Å². The van der Waals surface area contributed by atoms with E-state index in [1.807, 2.05) is 43.1 Å². The highest BCUT2D eigenvalue weighted by Crippen LogP contribution is 2.28. The molecule has 0 radical (unpaired) electrons. The summed E-state index contributed by atoms with van der Waals surface area (Å²) in [5.41, 5.74) is 0.868. The summed E-state index contributed by atoms with van der Waals surface area (Å²) in [6.07, 6.45) is 5.65. The molecule has 6 heteroatoms. The fourth-order valence-electron chi connectivity index (χ4n) is 3.79. The van der Waals surface area contributed by atoms with E-state index >= 15 is 0 Å². The molecule has 0 N–H and O–H groups in total. The largest absolute Gasteiger partial charge is 0.494 e. The van der Waals surface area contributed by atoms with Crippen LogP contribution in [0.15, 0.2) is 28.8 Å². The van der Waals surface area contributed by atoms with Gasteiger partial charge in [-0.3, -0.25) is 4.79 Å². The lowest BCUT2D eigenvalue weighted by Gasteiger charge is -2.36. The van der Waals surface area contributed by atoms with E-state index in [4.69, 9.17) is 9.26 Å². The summed E-state index contributed by atoms with van der Waals surface area (Å²) in [4.78, 5) is 18.9. The standard InChI is InChI=1S/C21H29N3O3/c1-4-26-17-11-9-16(10-12-17)21-22-19(27-23-21)13-14-20(25)24(3)18-8-6-5-7-15(18)2/h9-12,15,18H,4-8,13-14H2,1-3H3. The molecule has 1 aliphatic carbocycles. The number of benzene rings is 1. The monoisotopic (exact) mass is 371 g/mol. The van der Waals surface area contributed by atoms with Crippen LogP contribution < -0.4 is 4.74 Å². The normalized spacial score (nSPS) is 19.7. The van der Waals surface area contributed by atoms with Gasteiger partial charge in [0.25, 0.3) is 0 Å². The van der Waals surface area contributed by atoms with Crippen molar-refractivity contribution in [2.75, 3.05) is 13.7 Å². The Labute approximate surface area is 160 Å². The Kier molecular flexibility index (Phi) is 6.48. The van der Waals surface area contributed by atoms with E-state index in [1.54, 1.807) is 0 Å². The number of hydrogen-bond donors (Lipinski definition) is 0. The molecule has 1 saturated carbocycles. The zero-order valence-corrected chi connectivity index (χ0v) is 16.5. The smallest absolute Gasteiger partial charge is 0.227 e. The van der Waals surface area contributed by atoms with E-state index in [2.05, 4.69) is 17.1 Å². The third-order valence-electron chi connectivity index (χ3n) is 5.40. The molecule has 0 saturated heterocycles. The molecule has 1 fully saturated rings. The van der Waals surface area contributed by atoms with Crippen molar-refractivity contribution in [1.82, 2.24) is 15.0 Å². The van der Waals surface area contributed by atoms with Crippen LogP contribution in [-0.4, -0.2) is 40.6 Å². The van der Waals surface area contributed by atoms with Crippen LogP contribution in [0.5, 0.6) is 5.75 Å². The molecule has 0 bridgehead atoms. The van der Waals surface area contributed by atoms with Gasteiger partial charge in [-0.05, 0) is 49.9 Å². The second-order valence-corrected chi connectivity index (χ2v) is 7.30. The first-order valence-electron chi connectivity index (χ1n) is 9.90. The van der Waals surface area contributed by atoms with Crippen molar-refractivity contribution in [2.45, 2.75) is 58.4 Å². The van der Waals surface area contributed by atoms with E-state index < -0.39 is 0 Å². The van der Waals surface area contributed by atoms with Crippen molar-refractivity contribution in [2.24, 2.45) is 5.92 Å². The molecular weight excluding hydrogens is 342 g/mol. The van der Waals surface area contributed by atoms with Crippen LogP contribution in [0.1, 0.15) is 51.8 Å². The number of nitrogens with zero attached hydrogens (tertiary/aromatic N) is 3. The first-order chi connectivity index (χ1) is 13.1. The van der Waals surface area contributed by atoms with Crippen molar-refractivity contribution >= 4 is 5.91 Å². The zero-order valence-electron chi connectivity index (χ0n) is 16.5. The van der Waals surface area contributed by atoms with Gasteiger partial charge >= 0.3 is 0 Å². The van der Waals surface area contributed by atoms with Crippen LogP contribution in [0.4, 0.5) is 0 Å². The Balaban J connectivity index is 1.55. The third kappa shape index (κ3) is 4.87. The van der Waals surface area contributed by atoms with Gasteiger partial charge in [0.05, 0.1) is 6.61 Å². The van der Waals surface area contributed by atoms with Gasteiger partial charge in [-0.2, -0.15) is 4.98 Å². The lowest BCUT2D eigenvalue weighted by Crippen LogP contribution is -2.42. The minimum atomic E-state index is 0.148. The minimum Gasteiger partial charge on any atom is -0.494 e. The molecule has 2 atom stereocenters. The van der Waals surface area contributed by atoms with Crippen molar-refractivity contribution in [1.29, 1.82) is 0 Å². The molecule has 1 amide bonds. The number of amides is 1. The topological polar surface area (TPSA) is 68.5 Å². The van der Waals surface area contributed by atoms with Crippen molar-refractivity contribution in [3.63, 3.8) is 0 Å². The van der Waals surface area contributed by atoms with E-state index in [-0.39, 0.29) is 5.91 Å². The second-order valence-electron chi connectivity index (χ2n) is 7.30. The lowest BCUT2D eigenvalue weighted by atomic mass is 9.85. The Morgan fingerprint density at radius 2 is 2.00 bits per heavy atom. The van der Waals surface area contributed by atoms with Crippen LogP contribution in [-0.2, 0) is 11.2 Å². The predicted molar refractivity (Wildman–Crippen MR) is 103 cm³/mol. The maximum atomic E-state index is 12.6. The van der Waals surface area contributed by atoms with Gasteiger partial charge in [0.2, 0.25) is 17.6 Å². The molecule has 1 aliphatic rings. The summed E-state index contributed by atoms with van der Waals surface area (Å²) in [5, 5.41) is 4.03. The third-order valence-corrected chi connectivity index (χ3v) is 5.40. The molecular formula is C21H29N3O3.